The molecule has 0 spiro atoms. The monoisotopic (exact) mass is 473 g/mol. The van der Waals surface area contributed by atoms with Crippen molar-refractivity contribution in [2.75, 3.05) is 17.7 Å². The van der Waals surface area contributed by atoms with Crippen LogP contribution >= 0.6 is 11.8 Å². The number of para-hydroxylation sites is 1. The fraction of sp³-hybridized carbons (Fsp3) is 0.182. The maximum absolute atomic E-state index is 13.1. The predicted octanol–water partition coefficient (Wildman–Crippen LogP) is 4.94. The van der Waals surface area contributed by atoms with Gasteiger partial charge in [-0.3, -0.25) is 4.79 Å². The molecule has 0 aliphatic heterocycles. The number of hydrogen-bond acceptors (Lipinski definition) is 6. The van der Waals surface area contributed by atoms with Gasteiger partial charge in [-0.15, -0.1) is 10.2 Å². The molecule has 1 N–H and O–H groups in total. The van der Waals surface area contributed by atoms with E-state index in [2.05, 4.69) is 20.6 Å². The number of amides is 1. The number of thioether (sulfide) groups is 1. The number of fused-ring (bicyclic) bond motifs is 1. The number of anilines is 1. The average molecular weight is 473 g/mol. The van der Waals surface area contributed by atoms with Crippen molar-refractivity contribution in [2.45, 2.75) is 18.1 Å². The Balaban J connectivity index is 1.48. The largest absolute Gasteiger partial charge is 0.494 e. The van der Waals surface area contributed by atoms with Gasteiger partial charge in [0.1, 0.15) is 10.8 Å². The van der Waals surface area contributed by atoms with Gasteiger partial charge in [-0.25, -0.2) is 0 Å². The van der Waals surface area contributed by atoms with E-state index >= 15 is 0 Å². The van der Waals surface area contributed by atoms with Gasteiger partial charge in [0.25, 0.3) is 0 Å². The molecule has 0 aliphatic rings. The first-order valence-corrected chi connectivity index (χ1v) is 10.9. The van der Waals surface area contributed by atoms with Crippen LogP contribution < -0.4 is 10.1 Å². The first-order chi connectivity index (χ1) is 15.8. The molecule has 1 amide bonds. The second kappa shape index (κ2) is 9.49. The molecule has 0 fully saturated rings. The number of carbonyl (C=O) groups is 1. The van der Waals surface area contributed by atoms with E-state index in [9.17, 15) is 18.0 Å². The minimum atomic E-state index is -4.56. The number of alkyl halides is 3. The molecule has 7 nitrogen and oxygen atoms in total. The lowest BCUT2D eigenvalue weighted by molar-refractivity contribution is -0.137. The number of nitrogens with one attached hydrogen (secondary N) is 1. The normalized spacial score (nSPS) is 11.5. The molecule has 0 saturated carbocycles. The number of halogens is 3. The van der Waals surface area contributed by atoms with E-state index in [4.69, 9.17) is 4.74 Å². The van der Waals surface area contributed by atoms with Crippen molar-refractivity contribution in [3.63, 3.8) is 0 Å². The Bertz CT molecular complexity index is 1280. The minimum Gasteiger partial charge on any atom is -0.494 e. The van der Waals surface area contributed by atoms with E-state index in [1.807, 2.05) is 31.2 Å². The highest BCUT2D eigenvalue weighted by Gasteiger charge is 2.33. The number of nitrogens with zero attached hydrogens (tertiary/aromatic N) is 4. The molecule has 33 heavy (non-hydrogen) atoms. The number of benzene rings is 2. The molecule has 170 valence electrons. The molecular formula is C22H18F3N5O2S. The third-order valence-electron chi connectivity index (χ3n) is 4.52. The summed E-state index contributed by atoms with van der Waals surface area (Å²) in [4.78, 5) is 12.3. The molecule has 4 aromatic rings. The molecule has 0 unspecified atom stereocenters. The Morgan fingerprint density at radius 3 is 2.55 bits per heavy atom. The quantitative estimate of drug-likeness (QED) is 0.383. The summed E-state index contributed by atoms with van der Waals surface area (Å²) in [6.07, 6.45) is -4.56. The third kappa shape index (κ3) is 5.25. The van der Waals surface area contributed by atoms with E-state index in [1.54, 1.807) is 16.6 Å². The van der Waals surface area contributed by atoms with Crippen LogP contribution in [0.5, 0.6) is 5.75 Å². The number of rotatable bonds is 7. The average Bonchev–Trinajstić information content (AvgIpc) is 3.21. The zero-order valence-corrected chi connectivity index (χ0v) is 18.2. The Hall–Kier alpha value is -3.60. The first-order valence-electron chi connectivity index (χ1n) is 9.89. The summed E-state index contributed by atoms with van der Waals surface area (Å²) in [5, 5.41) is 15.6. The molecule has 0 radical (unpaired) electrons. The standard InChI is InChI=1S/C22H18F3N5O2S/c1-2-32-15-9-7-14(8-10-15)21-28-27-18-11-12-20(29-30(18)21)33-13-19(31)26-17-6-4-3-5-16(17)22(23,24)25/h3-12H,2,13H2,1H3,(H,26,31). The Kier molecular flexibility index (Phi) is 6.50. The maximum Gasteiger partial charge on any atom is 0.418 e. The highest BCUT2D eigenvalue weighted by atomic mass is 32.2. The summed E-state index contributed by atoms with van der Waals surface area (Å²) < 4.78 is 46.3. The van der Waals surface area contributed by atoms with Crippen LogP contribution in [0.4, 0.5) is 18.9 Å². The Labute approximate surface area is 191 Å². The number of carbonyl (C=O) groups excluding carboxylic acids is 1. The van der Waals surface area contributed by atoms with Gasteiger partial charge in [-0.1, -0.05) is 23.9 Å². The van der Waals surface area contributed by atoms with Crippen LogP contribution in [0.25, 0.3) is 17.0 Å². The molecule has 0 saturated heterocycles. The first kappa shape index (κ1) is 22.6. The van der Waals surface area contributed by atoms with Crippen LogP contribution in [-0.4, -0.2) is 38.1 Å². The van der Waals surface area contributed by atoms with E-state index in [0.717, 1.165) is 29.1 Å². The van der Waals surface area contributed by atoms with Crippen molar-refractivity contribution in [2.24, 2.45) is 0 Å². The lowest BCUT2D eigenvalue weighted by atomic mass is 10.1. The third-order valence-corrected chi connectivity index (χ3v) is 5.44. The summed E-state index contributed by atoms with van der Waals surface area (Å²) >= 11 is 1.09. The SMILES string of the molecule is CCOc1ccc(-c2nnc3ccc(SCC(=O)Nc4ccccc4C(F)(F)F)nn23)cc1. The van der Waals surface area contributed by atoms with Gasteiger partial charge >= 0.3 is 6.18 Å². The van der Waals surface area contributed by atoms with Gasteiger partial charge < -0.3 is 10.1 Å². The number of ether oxygens (including phenoxy) is 1. The van der Waals surface area contributed by atoms with E-state index < -0.39 is 17.6 Å². The molecule has 0 atom stereocenters. The lowest BCUT2D eigenvalue weighted by Gasteiger charge is -2.13. The van der Waals surface area contributed by atoms with Crippen LogP contribution in [-0.2, 0) is 11.0 Å². The smallest absolute Gasteiger partial charge is 0.418 e. The van der Waals surface area contributed by atoms with Gasteiger partial charge in [-0.05, 0) is 55.5 Å². The van der Waals surface area contributed by atoms with Crippen molar-refractivity contribution in [1.82, 2.24) is 19.8 Å². The van der Waals surface area contributed by atoms with Crippen molar-refractivity contribution in [3.8, 4) is 17.1 Å². The summed E-state index contributed by atoms with van der Waals surface area (Å²) in [7, 11) is 0. The maximum atomic E-state index is 13.1. The topological polar surface area (TPSA) is 81.4 Å². The Morgan fingerprint density at radius 1 is 1.06 bits per heavy atom. The Morgan fingerprint density at radius 2 is 1.82 bits per heavy atom. The number of hydrogen-bond donors (Lipinski definition) is 1. The molecule has 0 bridgehead atoms. The zero-order chi connectivity index (χ0) is 23.4. The zero-order valence-electron chi connectivity index (χ0n) is 17.3. The van der Waals surface area contributed by atoms with Crippen molar-refractivity contribution in [3.05, 3.63) is 66.2 Å². The van der Waals surface area contributed by atoms with E-state index in [1.165, 1.54) is 18.2 Å². The summed E-state index contributed by atoms with van der Waals surface area (Å²) in [6, 6.07) is 15.6. The molecule has 2 heterocycles. The van der Waals surface area contributed by atoms with Crippen LogP contribution in [0, 0.1) is 0 Å². The number of aromatic nitrogens is 4. The fourth-order valence-corrected chi connectivity index (χ4v) is 3.72. The van der Waals surface area contributed by atoms with Gasteiger partial charge in [0.05, 0.1) is 23.6 Å². The van der Waals surface area contributed by atoms with Crippen LogP contribution in [0.2, 0.25) is 0 Å². The molecule has 2 aromatic carbocycles. The van der Waals surface area contributed by atoms with Gasteiger partial charge in [0.15, 0.2) is 11.5 Å². The van der Waals surface area contributed by atoms with Crippen molar-refractivity contribution < 1.29 is 22.7 Å². The summed E-state index contributed by atoms with van der Waals surface area (Å²) in [5.74, 6) is 0.552. The molecule has 2 aromatic heterocycles. The second-order valence-corrected chi connectivity index (χ2v) is 7.80. The summed E-state index contributed by atoms with van der Waals surface area (Å²) in [6.45, 7) is 2.46. The van der Waals surface area contributed by atoms with Crippen LogP contribution in [0.15, 0.2) is 65.7 Å². The van der Waals surface area contributed by atoms with E-state index in [-0.39, 0.29) is 11.4 Å². The minimum absolute atomic E-state index is 0.120. The van der Waals surface area contributed by atoms with E-state index in [0.29, 0.717) is 23.1 Å². The van der Waals surface area contributed by atoms with Crippen molar-refractivity contribution >= 4 is 29.0 Å². The second-order valence-electron chi connectivity index (χ2n) is 6.80. The molecule has 4 rings (SSSR count). The molecule has 11 heteroatoms. The summed E-state index contributed by atoms with van der Waals surface area (Å²) in [5.41, 5.74) is 0.122. The van der Waals surface area contributed by atoms with Gasteiger partial charge in [0, 0.05) is 5.56 Å². The highest BCUT2D eigenvalue weighted by Crippen LogP contribution is 2.34. The van der Waals surface area contributed by atoms with Crippen LogP contribution in [0.1, 0.15) is 12.5 Å². The molecule has 0 aliphatic carbocycles. The van der Waals surface area contributed by atoms with Crippen LogP contribution in [0.3, 0.4) is 0 Å². The lowest BCUT2D eigenvalue weighted by Crippen LogP contribution is -2.18. The molecular weight excluding hydrogens is 455 g/mol. The fourth-order valence-electron chi connectivity index (χ4n) is 3.06. The van der Waals surface area contributed by atoms with Gasteiger partial charge in [0.2, 0.25) is 5.91 Å². The van der Waals surface area contributed by atoms with Crippen molar-refractivity contribution in [1.29, 1.82) is 0 Å². The highest BCUT2D eigenvalue weighted by molar-refractivity contribution is 7.99. The predicted molar refractivity (Wildman–Crippen MR) is 118 cm³/mol. The van der Waals surface area contributed by atoms with Gasteiger partial charge in [-0.2, -0.15) is 22.8 Å².